The number of rotatable bonds is 20. The molecule has 5 aromatic carbocycles. The van der Waals surface area contributed by atoms with Gasteiger partial charge in [-0.05, 0) is 63.4 Å². The molecule has 0 fully saturated rings. The predicted molar refractivity (Wildman–Crippen MR) is 232 cm³/mol. The van der Waals surface area contributed by atoms with Crippen LogP contribution in [0.3, 0.4) is 0 Å². The van der Waals surface area contributed by atoms with Crippen LogP contribution < -0.4 is 21.3 Å². The van der Waals surface area contributed by atoms with Gasteiger partial charge in [0.1, 0.15) is 12.1 Å². The molecule has 4 amide bonds. The number of nitrogens with one attached hydrogen (secondary N) is 5. The molecule has 312 valence electrons. The minimum atomic E-state index is -1.51. The van der Waals surface area contributed by atoms with Crippen molar-refractivity contribution in [3.8, 4) is 0 Å². The summed E-state index contributed by atoms with van der Waals surface area (Å²) in [6, 6.07) is 34.2. The molecule has 12 heteroatoms. The summed E-state index contributed by atoms with van der Waals surface area (Å²) in [6.45, 7) is 3.46. The minimum Gasteiger partial charge on any atom is -0.394 e. The standard InChI is InChI=1S/C48H54N6O6/c1-31(2)22-41(47(59)50-27-32-12-4-3-5-13-32)52-45(57)26-44(56)43(29-55)54-48(60)42(25-38-28-49-30-51-38)53-46(58)37(23-35-18-10-16-33-14-6-8-20-39(33)35)24-36-19-11-17-34-15-7-9-21-40(34)36/h3-21,28,30-31,37,41-44,55-56H,22-27,29H2,1-2H3,(H,49,51)(H,50,59)(H,52,57)(H,53,58)(H,54,60). The number of hydrogen-bond acceptors (Lipinski definition) is 7. The van der Waals surface area contributed by atoms with Crippen LogP contribution in [0.2, 0.25) is 0 Å². The molecule has 0 aliphatic rings. The molecule has 12 nitrogen and oxygen atoms in total. The first-order valence-corrected chi connectivity index (χ1v) is 20.5. The van der Waals surface area contributed by atoms with Crippen molar-refractivity contribution in [3.63, 3.8) is 0 Å². The van der Waals surface area contributed by atoms with Crippen LogP contribution in [-0.4, -0.2) is 74.6 Å². The number of carbonyl (C=O) groups is 4. The lowest BCUT2D eigenvalue weighted by Crippen LogP contribution is -2.56. The highest BCUT2D eigenvalue weighted by Crippen LogP contribution is 2.26. The zero-order chi connectivity index (χ0) is 42.4. The zero-order valence-electron chi connectivity index (χ0n) is 34.0. The molecule has 6 aromatic rings. The number of aromatic nitrogens is 2. The number of imidazole rings is 1. The van der Waals surface area contributed by atoms with Gasteiger partial charge in [-0.2, -0.15) is 0 Å². The summed E-state index contributed by atoms with van der Waals surface area (Å²) in [7, 11) is 0. The molecule has 0 saturated heterocycles. The fourth-order valence-electron chi connectivity index (χ4n) is 7.59. The monoisotopic (exact) mass is 810 g/mol. The summed E-state index contributed by atoms with van der Waals surface area (Å²) in [5, 5.41) is 37.0. The molecule has 0 radical (unpaired) electrons. The summed E-state index contributed by atoms with van der Waals surface area (Å²) in [4.78, 5) is 62.1. The van der Waals surface area contributed by atoms with E-state index in [-0.39, 0.29) is 30.7 Å². The number of amides is 4. The lowest BCUT2D eigenvalue weighted by atomic mass is 9.87. The Kier molecular flexibility index (Phi) is 15.2. The predicted octanol–water partition coefficient (Wildman–Crippen LogP) is 4.92. The SMILES string of the molecule is CC(C)CC(NC(=O)CC(O)C(CO)NC(=O)C(Cc1cnc[nH]1)NC(=O)C(Cc1cccc2ccccc12)Cc1cccc2ccccc12)C(=O)NCc1ccccc1. The normalized spacial score (nSPS) is 13.4. The molecule has 0 bridgehead atoms. The van der Waals surface area contributed by atoms with Crippen molar-refractivity contribution >= 4 is 45.2 Å². The summed E-state index contributed by atoms with van der Waals surface area (Å²) >= 11 is 0. The molecule has 0 spiro atoms. The third-order valence-electron chi connectivity index (χ3n) is 10.7. The van der Waals surface area contributed by atoms with E-state index in [1.165, 1.54) is 6.33 Å². The average Bonchev–Trinajstić information content (AvgIpc) is 3.77. The first-order valence-electron chi connectivity index (χ1n) is 20.5. The Morgan fingerprint density at radius 3 is 1.85 bits per heavy atom. The van der Waals surface area contributed by atoms with Crippen LogP contribution in [0.4, 0.5) is 0 Å². The van der Waals surface area contributed by atoms with Crippen LogP contribution in [-0.2, 0) is 45.0 Å². The Labute approximate surface area is 350 Å². The quantitative estimate of drug-likeness (QED) is 0.0571. The highest BCUT2D eigenvalue weighted by atomic mass is 16.3. The van der Waals surface area contributed by atoms with Crippen LogP contribution in [0.1, 0.15) is 49.1 Å². The highest BCUT2D eigenvalue weighted by Gasteiger charge is 2.32. The first kappa shape index (κ1) is 43.2. The van der Waals surface area contributed by atoms with Crippen LogP contribution in [0.15, 0.2) is 128 Å². The summed E-state index contributed by atoms with van der Waals surface area (Å²) in [5.41, 5.74) is 3.48. The Balaban J connectivity index is 1.17. The fraction of sp³-hybridized carbons (Fsp3) is 0.312. The van der Waals surface area contributed by atoms with Gasteiger partial charge in [-0.15, -0.1) is 0 Å². The molecule has 0 aliphatic heterocycles. The number of fused-ring (bicyclic) bond motifs is 2. The first-order chi connectivity index (χ1) is 29.1. The van der Waals surface area contributed by atoms with Gasteiger partial charge >= 0.3 is 0 Å². The van der Waals surface area contributed by atoms with Gasteiger partial charge in [0.15, 0.2) is 0 Å². The van der Waals surface area contributed by atoms with Crippen molar-refractivity contribution < 1.29 is 29.4 Å². The maximum Gasteiger partial charge on any atom is 0.243 e. The molecular weight excluding hydrogens is 757 g/mol. The van der Waals surface area contributed by atoms with Crippen LogP contribution in [0.25, 0.3) is 21.5 Å². The van der Waals surface area contributed by atoms with Gasteiger partial charge in [-0.1, -0.05) is 129 Å². The molecule has 1 aromatic heterocycles. The second-order valence-corrected chi connectivity index (χ2v) is 15.7. The fourth-order valence-corrected chi connectivity index (χ4v) is 7.59. The third kappa shape index (κ3) is 11.9. The molecule has 1 heterocycles. The van der Waals surface area contributed by atoms with Crippen LogP contribution in [0.5, 0.6) is 0 Å². The molecular formula is C48H54N6O6. The summed E-state index contributed by atoms with van der Waals surface area (Å²) < 4.78 is 0. The molecule has 0 saturated carbocycles. The summed E-state index contributed by atoms with van der Waals surface area (Å²) in [6.07, 6.45) is 2.21. The highest BCUT2D eigenvalue weighted by molar-refractivity contribution is 5.92. The second-order valence-electron chi connectivity index (χ2n) is 15.7. The molecule has 7 N–H and O–H groups in total. The molecule has 4 atom stereocenters. The Morgan fingerprint density at radius 1 is 0.667 bits per heavy atom. The maximum absolute atomic E-state index is 14.6. The maximum atomic E-state index is 14.6. The van der Waals surface area contributed by atoms with E-state index in [0.29, 0.717) is 25.0 Å². The smallest absolute Gasteiger partial charge is 0.243 e. The number of carbonyl (C=O) groups excluding carboxylic acids is 4. The van der Waals surface area contributed by atoms with Crippen molar-refractivity contribution in [1.29, 1.82) is 0 Å². The third-order valence-corrected chi connectivity index (χ3v) is 10.7. The van der Waals surface area contributed by atoms with Crippen LogP contribution >= 0.6 is 0 Å². The van der Waals surface area contributed by atoms with Crippen molar-refractivity contribution in [3.05, 3.63) is 150 Å². The second kappa shape index (κ2) is 21.1. The van der Waals surface area contributed by atoms with Crippen molar-refractivity contribution in [2.45, 2.75) is 76.7 Å². The number of aliphatic hydroxyl groups is 2. The number of nitrogens with zero attached hydrogens (tertiary/aromatic N) is 1. The van der Waals surface area contributed by atoms with Crippen molar-refractivity contribution in [2.24, 2.45) is 11.8 Å². The average molecular weight is 811 g/mol. The summed E-state index contributed by atoms with van der Waals surface area (Å²) in [5.74, 6) is -2.51. The van der Waals surface area contributed by atoms with Gasteiger partial charge in [0.25, 0.3) is 0 Å². The van der Waals surface area contributed by atoms with Gasteiger partial charge in [0.05, 0.1) is 31.5 Å². The van der Waals surface area contributed by atoms with E-state index in [4.69, 9.17) is 0 Å². The number of H-pyrrole nitrogens is 1. The molecule has 60 heavy (non-hydrogen) atoms. The van der Waals surface area contributed by atoms with Crippen molar-refractivity contribution in [2.75, 3.05) is 6.61 Å². The minimum absolute atomic E-state index is 0.0382. The van der Waals surface area contributed by atoms with Gasteiger partial charge in [-0.3, -0.25) is 19.2 Å². The lowest BCUT2D eigenvalue weighted by molar-refractivity contribution is -0.133. The Bertz CT molecular complexity index is 2260. The Hall–Kier alpha value is -6.37. The Morgan fingerprint density at radius 2 is 1.27 bits per heavy atom. The van der Waals surface area contributed by atoms with Gasteiger partial charge in [-0.25, -0.2) is 4.98 Å². The van der Waals surface area contributed by atoms with E-state index >= 15 is 0 Å². The van der Waals surface area contributed by atoms with E-state index < -0.39 is 55.0 Å². The largest absolute Gasteiger partial charge is 0.394 e. The van der Waals surface area contributed by atoms with Crippen molar-refractivity contribution in [1.82, 2.24) is 31.2 Å². The lowest BCUT2D eigenvalue weighted by Gasteiger charge is -2.27. The van der Waals surface area contributed by atoms with Gasteiger partial charge < -0.3 is 36.5 Å². The number of hydrogen-bond donors (Lipinski definition) is 7. The molecule has 0 aliphatic carbocycles. The number of benzene rings is 5. The van der Waals surface area contributed by atoms with E-state index in [9.17, 15) is 29.4 Å². The van der Waals surface area contributed by atoms with E-state index in [0.717, 1.165) is 38.2 Å². The van der Waals surface area contributed by atoms with Crippen LogP contribution in [0, 0.1) is 11.8 Å². The molecule has 6 rings (SSSR count). The van der Waals surface area contributed by atoms with Gasteiger partial charge in [0, 0.05) is 30.8 Å². The van der Waals surface area contributed by atoms with E-state index in [1.807, 2.05) is 129 Å². The van der Waals surface area contributed by atoms with Gasteiger partial charge in [0.2, 0.25) is 23.6 Å². The zero-order valence-corrected chi connectivity index (χ0v) is 34.0. The molecule has 4 unspecified atom stereocenters. The topological polar surface area (TPSA) is 186 Å². The van der Waals surface area contributed by atoms with E-state index in [2.05, 4.69) is 31.2 Å². The number of aromatic amines is 1. The number of aliphatic hydroxyl groups excluding tert-OH is 2. The van der Waals surface area contributed by atoms with E-state index in [1.54, 1.807) is 6.20 Å².